The van der Waals surface area contributed by atoms with Gasteiger partial charge in [0.25, 0.3) is 0 Å². The molecule has 2 nitrogen and oxygen atoms in total. The molecule has 2 aromatic rings. The maximum atomic E-state index is 4.58. The van der Waals surface area contributed by atoms with Crippen LogP contribution in [0.3, 0.4) is 0 Å². The summed E-state index contributed by atoms with van der Waals surface area (Å²) in [7, 11) is 0. The van der Waals surface area contributed by atoms with Crippen LogP contribution in [0.4, 0.5) is 0 Å². The molecular weight excluding hydrogens is 256 g/mol. The van der Waals surface area contributed by atoms with Crippen LogP contribution in [0.5, 0.6) is 0 Å². The van der Waals surface area contributed by atoms with Crippen molar-refractivity contribution in [2.45, 2.75) is 53.0 Å². The lowest BCUT2D eigenvalue weighted by atomic mass is 9.87. The highest BCUT2D eigenvalue weighted by atomic mass is 14.9. The highest BCUT2D eigenvalue weighted by Gasteiger charge is 2.17. The van der Waals surface area contributed by atoms with Crippen molar-refractivity contribution in [1.29, 1.82) is 0 Å². The van der Waals surface area contributed by atoms with Crippen LogP contribution in [0.1, 0.15) is 51.8 Å². The molecule has 21 heavy (non-hydrogen) atoms. The summed E-state index contributed by atoms with van der Waals surface area (Å²) in [5.74, 6) is 1.13. The molecule has 0 saturated heterocycles. The van der Waals surface area contributed by atoms with Crippen molar-refractivity contribution < 1.29 is 0 Å². The van der Waals surface area contributed by atoms with Crippen molar-refractivity contribution in [1.82, 2.24) is 10.3 Å². The van der Waals surface area contributed by atoms with Crippen molar-refractivity contribution in [2.24, 2.45) is 5.92 Å². The van der Waals surface area contributed by atoms with Crippen molar-refractivity contribution >= 4 is 10.9 Å². The van der Waals surface area contributed by atoms with Crippen LogP contribution < -0.4 is 5.32 Å². The predicted molar refractivity (Wildman–Crippen MR) is 91.8 cm³/mol. The number of nitrogens with zero attached hydrogens (tertiary/aromatic N) is 1. The minimum atomic E-state index is 0.179. The van der Waals surface area contributed by atoms with Crippen LogP contribution in [-0.2, 0) is 0 Å². The molecule has 2 atom stereocenters. The van der Waals surface area contributed by atoms with E-state index in [0.29, 0.717) is 11.8 Å². The number of aromatic nitrogens is 1. The molecule has 2 unspecified atom stereocenters. The topological polar surface area (TPSA) is 24.9 Å². The van der Waals surface area contributed by atoms with Crippen molar-refractivity contribution in [2.75, 3.05) is 6.54 Å². The number of nitrogens with one attached hydrogen (secondary N) is 1. The van der Waals surface area contributed by atoms with Crippen molar-refractivity contribution in [3.63, 3.8) is 0 Å². The third kappa shape index (κ3) is 4.28. The fraction of sp³-hybridized carbons (Fsp3) is 0.526. The van der Waals surface area contributed by atoms with Gasteiger partial charge >= 0.3 is 0 Å². The molecule has 0 radical (unpaired) electrons. The van der Waals surface area contributed by atoms with Gasteiger partial charge in [0.1, 0.15) is 0 Å². The summed E-state index contributed by atoms with van der Waals surface area (Å²) in [5.41, 5.74) is 3.74. The zero-order valence-corrected chi connectivity index (χ0v) is 14.2. The van der Waals surface area contributed by atoms with Gasteiger partial charge in [-0.05, 0) is 69.8 Å². The minimum absolute atomic E-state index is 0.179. The first-order valence-corrected chi connectivity index (χ1v) is 7.88. The van der Waals surface area contributed by atoms with Crippen LogP contribution in [0.25, 0.3) is 10.9 Å². The number of fused-ring (bicyclic) bond motifs is 1. The van der Waals surface area contributed by atoms with Crippen LogP contribution in [-0.4, -0.2) is 17.1 Å². The van der Waals surface area contributed by atoms with Crippen molar-refractivity contribution in [3.05, 3.63) is 41.6 Å². The molecule has 1 aromatic carbocycles. The molecule has 0 amide bonds. The largest absolute Gasteiger partial charge is 0.312 e. The molecule has 0 spiro atoms. The fourth-order valence-corrected chi connectivity index (χ4v) is 2.50. The maximum Gasteiger partial charge on any atom is 0.0705 e. The monoisotopic (exact) mass is 284 g/mol. The number of hydrogen-bond acceptors (Lipinski definition) is 2. The molecule has 0 aliphatic carbocycles. The van der Waals surface area contributed by atoms with Crippen LogP contribution in [0.15, 0.2) is 30.3 Å². The molecule has 0 aliphatic rings. The summed E-state index contributed by atoms with van der Waals surface area (Å²) in [4.78, 5) is 4.58. The number of benzene rings is 1. The lowest BCUT2D eigenvalue weighted by molar-refractivity contribution is 0.359. The molecule has 2 rings (SSSR count). The molecule has 1 N–H and O–H groups in total. The zero-order valence-electron chi connectivity index (χ0n) is 14.2. The summed E-state index contributed by atoms with van der Waals surface area (Å²) in [5, 5.41) is 4.84. The lowest BCUT2D eigenvalue weighted by Crippen LogP contribution is -2.39. The Hall–Kier alpha value is -1.41. The summed E-state index contributed by atoms with van der Waals surface area (Å²) in [6.45, 7) is 14.4. The highest BCUT2D eigenvalue weighted by molar-refractivity contribution is 5.79. The standard InChI is InChI=1S/C19H28N2/c1-13(12-20-19(4,5)6)15(3)16-9-10-18-17(11-16)8-7-14(2)21-18/h7-11,13,15,20H,12H2,1-6H3. The van der Waals surface area contributed by atoms with E-state index >= 15 is 0 Å². The van der Waals surface area contributed by atoms with Gasteiger partial charge in [-0.1, -0.05) is 26.0 Å². The first-order valence-electron chi connectivity index (χ1n) is 7.88. The molecule has 1 aromatic heterocycles. The van der Waals surface area contributed by atoms with E-state index in [1.165, 1.54) is 10.9 Å². The smallest absolute Gasteiger partial charge is 0.0705 e. The van der Waals surface area contributed by atoms with Gasteiger partial charge in [-0.15, -0.1) is 0 Å². The molecule has 2 heteroatoms. The molecule has 114 valence electrons. The van der Waals surface area contributed by atoms with Gasteiger partial charge in [-0.3, -0.25) is 4.98 Å². The van der Waals surface area contributed by atoms with E-state index in [4.69, 9.17) is 0 Å². The van der Waals surface area contributed by atoms with E-state index < -0.39 is 0 Å². The third-order valence-electron chi connectivity index (χ3n) is 4.19. The van der Waals surface area contributed by atoms with E-state index in [1.807, 2.05) is 6.92 Å². The lowest BCUT2D eigenvalue weighted by Gasteiger charge is -2.27. The number of pyridine rings is 1. The Bertz CT molecular complexity index is 610. The van der Waals surface area contributed by atoms with Gasteiger partial charge in [-0.2, -0.15) is 0 Å². The second-order valence-electron chi connectivity index (χ2n) is 7.30. The SMILES string of the molecule is Cc1ccc2cc(C(C)C(C)CNC(C)(C)C)ccc2n1. The molecule has 0 fully saturated rings. The van der Waals surface area contributed by atoms with E-state index in [1.54, 1.807) is 0 Å². The van der Waals surface area contributed by atoms with Crippen LogP contribution in [0, 0.1) is 12.8 Å². The summed E-state index contributed by atoms with van der Waals surface area (Å²) >= 11 is 0. The minimum Gasteiger partial charge on any atom is -0.312 e. The average molecular weight is 284 g/mol. The highest BCUT2D eigenvalue weighted by Crippen LogP contribution is 2.27. The van der Waals surface area contributed by atoms with E-state index in [9.17, 15) is 0 Å². The molecule has 0 aliphatic heterocycles. The number of rotatable bonds is 4. The summed E-state index contributed by atoms with van der Waals surface area (Å²) in [6, 6.07) is 10.9. The molecule has 0 bridgehead atoms. The second-order valence-corrected chi connectivity index (χ2v) is 7.30. The first kappa shape index (κ1) is 16.0. The predicted octanol–water partition coefficient (Wildman–Crippen LogP) is 4.67. The Morgan fingerprint density at radius 1 is 1.10 bits per heavy atom. The summed E-state index contributed by atoms with van der Waals surface area (Å²) < 4.78 is 0. The summed E-state index contributed by atoms with van der Waals surface area (Å²) in [6.07, 6.45) is 0. The Balaban J connectivity index is 2.15. The quantitative estimate of drug-likeness (QED) is 0.882. The van der Waals surface area contributed by atoms with Crippen molar-refractivity contribution in [3.8, 4) is 0 Å². The Labute approximate surface area is 129 Å². The Morgan fingerprint density at radius 2 is 1.81 bits per heavy atom. The van der Waals surface area contributed by atoms with Gasteiger partial charge in [0, 0.05) is 16.6 Å². The second kappa shape index (κ2) is 6.15. The number of aryl methyl sites for hydroxylation is 1. The molecule has 1 heterocycles. The molecular formula is C19H28N2. The van der Waals surface area contributed by atoms with Crippen LogP contribution in [0.2, 0.25) is 0 Å². The van der Waals surface area contributed by atoms with E-state index in [2.05, 4.69) is 75.3 Å². The first-order chi connectivity index (χ1) is 9.76. The zero-order chi connectivity index (χ0) is 15.6. The number of hydrogen-bond donors (Lipinski definition) is 1. The average Bonchev–Trinajstić information content (AvgIpc) is 2.42. The fourth-order valence-electron chi connectivity index (χ4n) is 2.50. The normalized spacial score (nSPS) is 15.1. The maximum absolute atomic E-state index is 4.58. The molecule has 0 saturated carbocycles. The Morgan fingerprint density at radius 3 is 2.48 bits per heavy atom. The van der Waals surface area contributed by atoms with Gasteiger partial charge in [0.15, 0.2) is 0 Å². The van der Waals surface area contributed by atoms with Gasteiger partial charge < -0.3 is 5.32 Å². The van der Waals surface area contributed by atoms with Crippen LogP contribution >= 0.6 is 0 Å². The van der Waals surface area contributed by atoms with Gasteiger partial charge in [-0.25, -0.2) is 0 Å². The van der Waals surface area contributed by atoms with E-state index in [-0.39, 0.29) is 5.54 Å². The Kier molecular flexibility index (Phi) is 4.67. The van der Waals surface area contributed by atoms with Gasteiger partial charge in [0.2, 0.25) is 0 Å². The van der Waals surface area contributed by atoms with E-state index in [0.717, 1.165) is 17.8 Å². The van der Waals surface area contributed by atoms with Gasteiger partial charge in [0.05, 0.1) is 5.52 Å². The third-order valence-corrected chi connectivity index (χ3v) is 4.19.